The molecule has 2 amide bonds. The predicted molar refractivity (Wildman–Crippen MR) is 103 cm³/mol. The maximum absolute atomic E-state index is 13.0. The van der Waals surface area contributed by atoms with Crippen LogP contribution in [0.25, 0.3) is 11.4 Å². The van der Waals surface area contributed by atoms with Crippen molar-refractivity contribution in [2.75, 3.05) is 20.1 Å². The van der Waals surface area contributed by atoms with E-state index in [1.807, 2.05) is 0 Å². The second kappa shape index (κ2) is 7.83. The molecule has 8 heteroatoms. The molecule has 7 nitrogen and oxygen atoms in total. The predicted octanol–water partition coefficient (Wildman–Crippen LogP) is 2.40. The molecule has 3 aromatic rings. The van der Waals surface area contributed by atoms with Crippen LogP contribution in [0.5, 0.6) is 0 Å². The monoisotopic (exact) mass is 394 g/mol. The minimum atomic E-state index is -0.321. The third kappa shape index (κ3) is 4.01. The first-order valence-electron chi connectivity index (χ1n) is 9.22. The molecule has 0 aliphatic carbocycles. The van der Waals surface area contributed by atoms with Crippen LogP contribution in [0.15, 0.2) is 53.1 Å². The van der Waals surface area contributed by atoms with Gasteiger partial charge in [-0.05, 0) is 29.8 Å². The Bertz CT molecular complexity index is 1040. The summed E-state index contributed by atoms with van der Waals surface area (Å²) in [5.74, 6) is 0.322. The average Bonchev–Trinajstić information content (AvgIpc) is 3.18. The van der Waals surface area contributed by atoms with E-state index in [-0.39, 0.29) is 30.0 Å². The summed E-state index contributed by atoms with van der Waals surface area (Å²) in [5.41, 5.74) is 1.97. The second-order valence-corrected chi connectivity index (χ2v) is 6.92. The van der Waals surface area contributed by atoms with Crippen molar-refractivity contribution in [1.29, 1.82) is 0 Å². The van der Waals surface area contributed by atoms with Crippen LogP contribution in [-0.4, -0.2) is 47.0 Å². The van der Waals surface area contributed by atoms with Crippen molar-refractivity contribution in [2.45, 2.75) is 12.3 Å². The number of benzene rings is 2. The number of carbonyl (C=O) groups is 2. The van der Waals surface area contributed by atoms with Gasteiger partial charge in [-0.2, -0.15) is 4.98 Å². The van der Waals surface area contributed by atoms with Crippen molar-refractivity contribution in [3.05, 3.63) is 71.4 Å². The van der Waals surface area contributed by atoms with E-state index in [1.165, 1.54) is 12.1 Å². The van der Waals surface area contributed by atoms with Crippen LogP contribution < -0.4 is 5.32 Å². The molecule has 0 atom stereocenters. The molecule has 2 aromatic carbocycles. The minimum Gasteiger partial charge on any atom is -0.355 e. The molecular formula is C21H19FN4O3. The highest BCUT2D eigenvalue weighted by molar-refractivity contribution is 5.95. The van der Waals surface area contributed by atoms with E-state index < -0.39 is 0 Å². The normalized spacial score (nSPS) is 13.8. The maximum atomic E-state index is 13.0. The Morgan fingerprint density at radius 1 is 1.21 bits per heavy atom. The first-order valence-corrected chi connectivity index (χ1v) is 9.22. The van der Waals surface area contributed by atoms with Crippen LogP contribution in [0.2, 0.25) is 0 Å². The number of nitrogens with one attached hydrogen (secondary N) is 1. The lowest BCUT2D eigenvalue weighted by Crippen LogP contribution is -2.49. The van der Waals surface area contributed by atoms with Gasteiger partial charge in [-0.25, -0.2) is 4.39 Å². The molecule has 29 heavy (non-hydrogen) atoms. The Labute approximate surface area is 166 Å². The number of carbonyl (C=O) groups excluding carboxylic acids is 2. The van der Waals surface area contributed by atoms with Gasteiger partial charge in [0.2, 0.25) is 17.6 Å². The summed E-state index contributed by atoms with van der Waals surface area (Å²) in [6.07, 6.45) is 0.231. The quantitative estimate of drug-likeness (QED) is 0.718. The van der Waals surface area contributed by atoms with Crippen molar-refractivity contribution in [1.82, 2.24) is 20.4 Å². The lowest BCUT2D eigenvalue weighted by Gasteiger charge is -2.37. The molecule has 1 saturated heterocycles. The number of hydrogen-bond donors (Lipinski definition) is 1. The second-order valence-electron chi connectivity index (χ2n) is 6.92. The van der Waals surface area contributed by atoms with Crippen LogP contribution >= 0.6 is 0 Å². The molecule has 0 saturated carbocycles. The van der Waals surface area contributed by atoms with Gasteiger partial charge in [-0.3, -0.25) is 9.59 Å². The van der Waals surface area contributed by atoms with Crippen LogP contribution in [0.4, 0.5) is 4.39 Å². The largest absolute Gasteiger partial charge is 0.355 e. The SMILES string of the molecule is CNC(=O)c1cccc(-c2noc(C3CN(C(=O)Cc4ccc(F)cc4)C3)n2)c1. The van der Waals surface area contributed by atoms with Crippen molar-refractivity contribution in [3.8, 4) is 11.4 Å². The van der Waals surface area contributed by atoms with E-state index in [4.69, 9.17) is 4.52 Å². The molecule has 2 heterocycles. The minimum absolute atomic E-state index is 0.0180. The summed E-state index contributed by atoms with van der Waals surface area (Å²) >= 11 is 0. The lowest BCUT2D eigenvalue weighted by molar-refractivity contribution is -0.135. The molecule has 1 aromatic heterocycles. The molecule has 1 aliphatic rings. The topological polar surface area (TPSA) is 88.3 Å². The molecule has 1 aliphatic heterocycles. The number of rotatable bonds is 5. The van der Waals surface area contributed by atoms with Gasteiger partial charge in [0.05, 0.1) is 12.3 Å². The molecule has 1 fully saturated rings. The average molecular weight is 394 g/mol. The molecule has 148 valence electrons. The first-order chi connectivity index (χ1) is 14.0. The first kappa shape index (κ1) is 18.8. The van der Waals surface area contributed by atoms with Crippen molar-refractivity contribution >= 4 is 11.8 Å². The summed E-state index contributed by atoms with van der Waals surface area (Å²) in [4.78, 5) is 30.3. The third-order valence-corrected chi connectivity index (χ3v) is 4.90. The zero-order valence-corrected chi connectivity index (χ0v) is 15.8. The molecule has 0 spiro atoms. The lowest BCUT2D eigenvalue weighted by atomic mass is 9.98. The van der Waals surface area contributed by atoms with Gasteiger partial charge >= 0.3 is 0 Å². The number of aromatic nitrogens is 2. The van der Waals surface area contributed by atoms with Gasteiger partial charge in [0.25, 0.3) is 5.91 Å². The fraction of sp³-hybridized carbons (Fsp3) is 0.238. The highest BCUT2D eigenvalue weighted by Crippen LogP contribution is 2.28. The van der Waals surface area contributed by atoms with Gasteiger partial charge in [0.1, 0.15) is 5.82 Å². The number of amides is 2. The summed E-state index contributed by atoms with van der Waals surface area (Å²) in [6.45, 7) is 1.000. The highest BCUT2D eigenvalue weighted by atomic mass is 19.1. The third-order valence-electron chi connectivity index (χ3n) is 4.90. The van der Waals surface area contributed by atoms with Crippen LogP contribution in [0.1, 0.15) is 27.7 Å². The smallest absolute Gasteiger partial charge is 0.251 e. The highest BCUT2D eigenvalue weighted by Gasteiger charge is 2.35. The van der Waals surface area contributed by atoms with Crippen molar-refractivity contribution in [3.63, 3.8) is 0 Å². The molecule has 4 rings (SSSR count). The van der Waals surface area contributed by atoms with E-state index in [9.17, 15) is 14.0 Å². The number of hydrogen-bond acceptors (Lipinski definition) is 5. The van der Waals surface area contributed by atoms with Crippen molar-refractivity contribution < 1.29 is 18.5 Å². The van der Waals surface area contributed by atoms with Crippen LogP contribution in [0, 0.1) is 5.82 Å². The zero-order chi connectivity index (χ0) is 20.4. The summed E-state index contributed by atoms with van der Waals surface area (Å²) in [6, 6.07) is 12.9. The Hall–Kier alpha value is -3.55. The van der Waals surface area contributed by atoms with Gasteiger partial charge in [0, 0.05) is 31.3 Å². The molecular weight excluding hydrogens is 375 g/mol. The Kier molecular flexibility index (Phi) is 5.07. The summed E-state index contributed by atoms with van der Waals surface area (Å²) < 4.78 is 18.3. The van der Waals surface area contributed by atoms with Gasteiger partial charge < -0.3 is 14.7 Å². The summed E-state index contributed by atoms with van der Waals surface area (Å²) in [7, 11) is 1.57. The Morgan fingerprint density at radius 2 is 1.97 bits per heavy atom. The van der Waals surface area contributed by atoms with E-state index in [1.54, 1.807) is 48.3 Å². The number of halogens is 1. The van der Waals surface area contributed by atoms with E-state index in [0.717, 1.165) is 5.56 Å². The molecule has 1 N–H and O–H groups in total. The van der Waals surface area contributed by atoms with Gasteiger partial charge in [0.15, 0.2) is 0 Å². The van der Waals surface area contributed by atoms with Crippen LogP contribution in [-0.2, 0) is 11.2 Å². The maximum Gasteiger partial charge on any atom is 0.251 e. The Balaban J connectivity index is 1.37. The van der Waals surface area contributed by atoms with E-state index in [2.05, 4.69) is 15.5 Å². The van der Waals surface area contributed by atoms with Gasteiger partial charge in [-0.15, -0.1) is 0 Å². The fourth-order valence-electron chi connectivity index (χ4n) is 3.19. The standard InChI is InChI=1S/C21H19FN4O3/c1-23-20(28)15-4-2-3-14(10-15)19-24-21(29-25-19)16-11-26(12-16)18(27)9-13-5-7-17(22)8-6-13/h2-8,10,16H,9,11-12H2,1H3,(H,23,28). The Morgan fingerprint density at radius 3 is 2.69 bits per heavy atom. The van der Waals surface area contributed by atoms with Crippen molar-refractivity contribution in [2.24, 2.45) is 0 Å². The molecule has 0 unspecified atom stereocenters. The molecule has 0 bridgehead atoms. The van der Waals surface area contributed by atoms with Crippen LogP contribution in [0.3, 0.4) is 0 Å². The number of likely N-dealkylation sites (tertiary alicyclic amines) is 1. The van der Waals surface area contributed by atoms with E-state index in [0.29, 0.717) is 35.9 Å². The van der Waals surface area contributed by atoms with Gasteiger partial charge in [-0.1, -0.05) is 29.4 Å². The van der Waals surface area contributed by atoms with E-state index >= 15 is 0 Å². The summed E-state index contributed by atoms with van der Waals surface area (Å²) in [5, 5.41) is 6.58. The molecule has 0 radical (unpaired) electrons. The zero-order valence-electron chi connectivity index (χ0n) is 15.8. The fourth-order valence-corrected chi connectivity index (χ4v) is 3.19. The number of nitrogens with zero attached hydrogens (tertiary/aromatic N) is 3.